The molecule has 0 saturated heterocycles. The third-order valence-electron chi connectivity index (χ3n) is 4.20. The van der Waals surface area contributed by atoms with Crippen molar-refractivity contribution < 1.29 is 14.3 Å². The molecule has 32 heavy (non-hydrogen) atoms. The van der Waals surface area contributed by atoms with E-state index in [-0.39, 0.29) is 0 Å². The molecule has 162 valence electrons. The first-order chi connectivity index (χ1) is 15.6. The van der Waals surface area contributed by atoms with Crippen LogP contribution < -0.4 is 5.32 Å². The van der Waals surface area contributed by atoms with E-state index < -0.39 is 18.5 Å². The molecule has 0 saturated carbocycles. The van der Waals surface area contributed by atoms with E-state index in [0.717, 1.165) is 10.6 Å². The Hall–Kier alpha value is -3.21. The van der Waals surface area contributed by atoms with Gasteiger partial charge in [0, 0.05) is 21.1 Å². The van der Waals surface area contributed by atoms with Crippen molar-refractivity contribution in [2.75, 3.05) is 11.9 Å². The van der Waals surface area contributed by atoms with Crippen LogP contribution >= 0.6 is 34.7 Å². The van der Waals surface area contributed by atoms with Gasteiger partial charge < -0.3 is 10.1 Å². The first kappa shape index (κ1) is 22.0. The molecule has 11 heteroatoms. The molecule has 1 amide bonds. The number of thioether (sulfide) groups is 1. The van der Waals surface area contributed by atoms with Crippen LogP contribution in [0.15, 0.2) is 70.9 Å². The highest BCUT2D eigenvalue weighted by atomic mass is 35.5. The molecule has 2 aromatic heterocycles. The predicted octanol–water partition coefficient (Wildman–Crippen LogP) is 4.47. The maximum Gasteiger partial charge on any atom is 0.339 e. The molecule has 0 aliphatic carbocycles. The first-order valence-electron chi connectivity index (χ1n) is 9.30. The van der Waals surface area contributed by atoms with Crippen LogP contribution in [0.2, 0.25) is 5.02 Å². The molecule has 1 N–H and O–H groups in total. The van der Waals surface area contributed by atoms with Gasteiger partial charge in [-0.3, -0.25) is 4.79 Å². The monoisotopic (exact) mass is 485 g/mol. The molecule has 0 aliphatic heterocycles. The molecule has 4 aromatic rings. The summed E-state index contributed by atoms with van der Waals surface area (Å²) in [6, 6.07) is 12.1. The van der Waals surface area contributed by atoms with E-state index >= 15 is 0 Å². The number of hydrogen-bond donors (Lipinski definition) is 1. The third kappa shape index (κ3) is 5.52. The van der Waals surface area contributed by atoms with Gasteiger partial charge in [0.25, 0.3) is 5.91 Å². The van der Waals surface area contributed by atoms with Gasteiger partial charge in [-0.1, -0.05) is 23.7 Å². The average Bonchev–Trinajstić information content (AvgIpc) is 3.51. The van der Waals surface area contributed by atoms with Crippen molar-refractivity contribution in [3.63, 3.8) is 0 Å². The fraction of sp³-hybridized carbons (Fsp3) is 0.0952. The maximum absolute atomic E-state index is 12.6. The van der Waals surface area contributed by atoms with Gasteiger partial charge in [0.05, 0.1) is 28.1 Å². The zero-order valence-corrected chi connectivity index (χ0v) is 18.9. The Labute approximate surface area is 196 Å². The average molecular weight is 486 g/mol. The minimum Gasteiger partial charge on any atom is -0.452 e. The summed E-state index contributed by atoms with van der Waals surface area (Å²) in [5, 5.41) is 9.16. The molecular formula is C21H16ClN5O3S2. The van der Waals surface area contributed by atoms with Crippen molar-refractivity contribution in [1.29, 1.82) is 0 Å². The molecule has 8 nitrogen and oxygen atoms in total. The number of benzene rings is 2. The summed E-state index contributed by atoms with van der Waals surface area (Å²) in [6.07, 6.45) is 2.88. The van der Waals surface area contributed by atoms with Crippen LogP contribution in [0.1, 0.15) is 16.1 Å². The lowest BCUT2D eigenvalue weighted by Crippen LogP contribution is -2.22. The van der Waals surface area contributed by atoms with Gasteiger partial charge in [0.2, 0.25) is 0 Å². The minimum atomic E-state index is -0.580. The van der Waals surface area contributed by atoms with Crippen molar-refractivity contribution in [2.24, 2.45) is 0 Å². The minimum absolute atomic E-state index is 0.395. The SMILES string of the molecule is O=C(COC(=O)c1ccccc1SCc1cscn1)Nc1cc(Cl)ccc1-n1cncn1. The van der Waals surface area contributed by atoms with Crippen molar-refractivity contribution >= 4 is 52.3 Å². The Morgan fingerprint density at radius 3 is 2.88 bits per heavy atom. The molecule has 0 radical (unpaired) electrons. The van der Waals surface area contributed by atoms with Crippen molar-refractivity contribution in [1.82, 2.24) is 19.7 Å². The van der Waals surface area contributed by atoms with E-state index in [1.807, 2.05) is 17.5 Å². The van der Waals surface area contributed by atoms with Gasteiger partial charge in [-0.15, -0.1) is 23.1 Å². The molecule has 4 rings (SSSR count). The number of aromatic nitrogens is 4. The quantitative estimate of drug-likeness (QED) is 0.290. The second-order valence-corrected chi connectivity index (χ2v) is 8.56. The third-order valence-corrected chi connectivity index (χ3v) is 6.18. The zero-order chi connectivity index (χ0) is 22.3. The number of thiazole rings is 1. The highest BCUT2D eigenvalue weighted by Gasteiger charge is 2.16. The van der Waals surface area contributed by atoms with E-state index in [2.05, 4.69) is 20.4 Å². The summed E-state index contributed by atoms with van der Waals surface area (Å²) in [5.74, 6) is -0.451. The van der Waals surface area contributed by atoms with E-state index in [0.29, 0.717) is 27.7 Å². The maximum atomic E-state index is 12.6. The fourth-order valence-corrected chi connectivity index (χ4v) is 4.54. The van der Waals surface area contributed by atoms with Gasteiger partial charge in [0.1, 0.15) is 12.7 Å². The van der Waals surface area contributed by atoms with Gasteiger partial charge in [-0.2, -0.15) is 5.10 Å². The predicted molar refractivity (Wildman–Crippen MR) is 123 cm³/mol. The number of esters is 1. The largest absolute Gasteiger partial charge is 0.452 e. The lowest BCUT2D eigenvalue weighted by Gasteiger charge is -2.12. The highest BCUT2D eigenvalue weighted by Crippen LogP contribution is 2.27. The number of carbonyl (C=O) groups is 2. The second kappa shape index (κ2) is 10.4. The van der Waals surface area contributed by atoms with Crippen molar-refractivity contribution in [3.05, 3.63) is 82.3 Å². The number of amides is 1. The van der Waals surface area contributed by atoms with Crippen LogP contribution in [0.3, 0.4) is 0 Å². The van der Waals surface area contributed by atoms with E-state index in [1.54, 1.807) is 35.8 Å². The highest BCUT2D eigenvalue weighted by molar-refractivity contribution is 7.98. The number of ether oxygens (including phenoxy) is 1. The van der Waals surface area contributed by atoms with E-state index in [1.165, 1.54) is 40.4 Å². The summed E-state index contributed by atoms with van der Waals surface area (Å²) >= 11 is 9.07. The van der Waals surface area contributed by atoms with Crippen LogP contribution in [-0.4, -0.2) is 38.2 Å². The molecule has 0 atom stereocenters. The fourth-order valence-electron chi connectivity index (χ4n) is 2.76. The molecule has 2 heterocycles. The van der Waals surface area contributed by atoms with Gasteiger partial charge in [-0.05, 0) is 30.3 Å². The van der Waals surface area contributed by atoms with Crippen molar-refractivity contribution in [2.45, 2.75) is 10.6 Å². The van der Waals surface area contributed by atoms with Crippen LogP contribution in [0, 0.1) is 0 Å². The number of anilines is 1. The lowest BCUT2D eigenvalue weighted by atomic mass is 10.2. The van der Waals surface area contributed by atoms with E-state index in [4.69, 9.17) is 16.3 Å². The Bertz CT molecular complexity index is 1220. The normalized spacial score (nSPS) is 10.7. The Balaban J connectivity index is 1.39. The second-order valence-electron chi connectivity index (χ2n) is 6.39. The topological polar surface area (TPSA) is 99.0 Å². The molecule has 0 aliphatic rings. The first-order valence-corrected chi connectivity index (χ1v) is 11.6. The number of carbonyl (C=O) groups excluding carboxylic acids is 2. The molecule has 0 fully saturated rings. The summed E-state index contributed by atoms with van der Waals surface area (Å²) in [5.41, 5.74) is 4.10. The van der Waals surface area contributed by atoms with Crippen LogP contribution in [0.4, 0.5) is 5.69 Å². The molecule has 0 bridgehead atoms. The molecule has 0 spiro atoms. The van der Waals surface area contributed by atoms with Crippen molar-refractivity contribution in [3.8, 4) is 5.69 Å². The summed E-state index contributed by atoms with van der Waals surface area (Å²) in [4.78, 5) is 34.0. The van der Waals surface area contributed by atoms with Gasteiger partial charge in [0.15, 0.2) is 6.61 Å². The number of hydrogen-bond acceptors (Lipinski definition) is 8. The van der Waals surface area contributed by atoms with Gasteiger partial charge in [-0.25, -0.2) is 19.4 Å². The number of nitrogens with one attached hydrogen (secondary N) is 1. The Kier molecular flexibility index (Phi) is 7.15. The zero-order valence-electron chi connectivity index (χ0n) is 16.5. The van der Waals surface area contributed by atoms with Crippen LogP contribution in [0.25, 0.3) is 5.69 Å². The number of nitrogens with zero attached hydrogens (tertiary/aromatic N) is 4. The molecule has 2 aromatic carbocycles. The van der Waals surface area contributed by atoms with Crippen LogP contribution in [0.5, 0.6) is 0 Å². The summed E-state index contributed by atoms with van der Waals surface area (Å²) in [7, 11) is 0. The summed E-state index contributed by atoms with van der Waals surface area (Å²) in [6.45, 7) is -0.451. The van der Waals surface area contributed by atoms with Crippen LogP contribution in [-0.2, 0) is 15.3 Å². The Morgan fingerprint density at radius 1 is 1.22 bits per heavy atom. The Morgan fingerprint density at radius 2 is 2.09 bits per heavy atom. The summed E-state index contributed by atoms with van der Waals surface area (Å²) < 4.78 is 6.75. The standard InChI is InChI=1S/C21H16ClN5O3S2/c22-14-5-6-18(27-12-23-11-25-27)17(7-14)26-20(28)8-30-21(29)16-3-1-2-4-19(16)32-10-15-9-31-13-24-15/h1-7,9,11-13H,8,10H2,(H,26,28). The smallest absolute Gasteiger partial charge is 0.339 e. The van der Waals surface area contributed by atoms with E-state index in [9.17, 15) is 9.59 Å². The molecule has 0 unspecified atom stereocenters. The lowest BCUT2D eigenvalue weighted by molar-refractivity contribution is -0.119. The van der Waals surface area contributed by atoms with Gasteiger partial charge >= 0.3 is 5.97 Å². The molecular weight excluding hydrogens is 470 g/mol. The number of halogens is 1. The number of rotatable bonds is 8.